The van der Waals surface area contributed by atoms with E-state index in [0.29, 0.717) is 19.3 Å². The van der Waals surface area contributed by atoms with Crippen LogP contribution in [0.3, 0.4) is 0 Å². The molecule has 0 saturated heterocycles. The summed E-state index contributed by atoms with van der Waals surface area (Å²) in [6.07, 6.45) is 9.35. The molecule has 3 amide bonds. The van der Waals surface area contributed by atoms with Gasteiger partial charge in [-0.15, -0.1) is 0 Å². The average molecular weight is 584 g/mol. The van der Waals surface area contributed by atoms with Gasteiger partial charge >= 0.3 is 12.1 Å². The first-order chi connectivity index (χ1) is 20.1. The normalized spacial score (nSPS) is 28.2. The molecule has 0 radical (unpaired) electrons. The van der Waals surface area contributed by atoms with Crippen LogP contribution in [0.15, 0.2) is 30.3 Å². The summed E-state index contributed by atoms with van der Waals surface area (Å²) in [4.78, 5) is 52.7. The molecule has 4 rings (SSSR count). The second-order valence-corrected chi connectivity index (χ2v) is 13.2. The Morgan fingerprint density at radius 3 is 1.64 bits per heavy atom. The monoisotopic (exact) mass is 583 g/mol. The fourth-order valence-corrected chi connectivity index (χ4v) is 6.69. The highest BCUT2D eigenvalue weighted by atomic mass is 16.6. The molecular formula is C33H49N3O6. The number of hydrogen-bond donors (Lipinski definition) is 3. The van der Waals surface area contributed by atoms with E-state index in [1.54, 1.807) is 0 Å². The van der Waals surface area contributed by atoms with Crippen molar-refractivity contribution in [3.63, 3.8) is 0 Å². The van der Waals surface area contributed by atoms with Crippen LogP contribution in [0.5, 0.6) is 0 Å². The van der Waals surface area contributed by atoms with E-state index < -0.39 is 11.7 Å². The molecule has 0 unspecified atom stereocenters. The fourth-order valence-electron chi connectivity index (χ4n) is 6.69. The molecule has 42 heavy (non-hydrogen) atoms. The Morgan fingerprint density at radius 1 is 0.667 bits per heavy atom. The molecule has 3 N–H and O–H groups in total. The van der Waals surface area contributed by atoms with Crippen molar-refractivity contribution in [1.29, 1.82) is 0 Å². The Morgan fingerprint density at radius 2 is 1.12 bits per heavy atom. The molecule has 1 aromatic rings. The molecule has 0 aromatic heterocycles. The predicted molar refractivity (Wildman–Crippen MR) is 159 cm³/mol. The summed E-state index contributed by atoms with van der Waals surface area (Å²) in [5.41, 5.74) is 0.319. The molecule has 9 nitrogen and oxygen atoms in total. The van der Waals surface area contributed by atoms with Gasteiger partial charge in [0.05, 0.1) is 17.8 Å². The summed E-state index contributed by atoms with van der Waals surface area (Å²) in [6.45, 7) is 5.66. The fraction of sp³-hybridized carbons (Fsp3) is 0.697. The SMILES string of the molecule is CC(C)(C)OC(=O)N[C@@H]1CCCC[C@H]1C(=O)N[C@@H]1CCCC[C@H]1C(=O)N[C@@H]1CCCC[C@H]1C(=O)OCc1ccccc1. The van der Waals surface area contributed by atoms with Crippen LogP contribution >= 0.6 is 0 Å². The number of amides is 3. The van der Waals surface area contributed by atoms with E-state index in [-0.39, 0.29) is 60.3 Å². The van der Waals surface area contributed by atoms with Gasteiger partial charge in [0.15, 0.2) is 0 Å². The van der Waals surface area contributed by atoms with Crippen LogP contribution in [0.4, 0.5) is 4.79 Å². The van der Waals surface area contributed by atoms with Gasteiger partial charge in [0.1, 0.15) is 12.2 Å². The Balaban J connectivity index is 1.35. The average Bonchev–Trinajstić information content (AvgIpc) is 2.96. The summed E-state index contributed by atoms with van der Waals surface area (Å²) in [5.74, 6) is -1.56. The molecule has 3 aliphatic rings. The third-order valence-electron chi connectivity index (χ3n) is 8.86. The summed E-state index contributed by atoms with van der Waals surface area (Å²) in [6, 6.07) is 8.76. The Hall–Kier alpha value is -3.10. The maximum absolute atomic E-state index is 13.6. The highest BCUT2D eigenvalue weighted by Crippen LogP contribution is 2.31. The van der Waals surface area contributed by atoms with Gasteiger partial charge in [0, 0.05) is 18.1 Å². The lowest BCUT2D eigenvalue weighted by Gasteiger charge is -2.37. The number of rotatable bonds is 8. The smallest absolute Gasteiger partial charge is 0.407 e. The lowest BCUT2D eigenvalue weighted by molar-refractivity contribution is -0.152. The Labute approximate surface area is 250 Å². The van der Waals surface area contributed by atoms with E-state index in [1.165, 1.54) is 0 Å². The maximum Gasteiger partial charge on any atom is 0.407 e. The molecule has 232 valence electrons. The highest BCUT2D eigenvalue weighted by Gasteiger charge is 2.40. The highest BCUT2D eigenvalue weighted by molar-refractivity contribution is 5.84. The van der Waals surface area contributed by atoms with Crippen molar-refractivity contribution in [2.75, 3.05) is 0 Å². The first kappa shape index (κ1) is 31.8. The number of carbonyl (C=O) groups excluding carboxylic acids is 4. The third-order valence-corrected chi connectivity index (χ3v) is 8.86. The van der Waals surface area contributed by atoms with Crippen molar-refractivity contribution in [1.82, 2.24) is 16.0 Å². The van der Waals surface area contributed by atoms with Crippen molar-refractivity contribution in [3.05, 3.63) is 35.9 Å². The standard InChI is InChI=1S/C33H49N3O6/c1-33(2,3)42-32(40)36-27-19-11-8-16-24(27)30(38)34-26-18-10-7-15-23(26)29(37)35-28-20-12-9-17-25(28)31(39)41-21-22-13-5-4-6-14-22/h4-6,13-14,23-28H,7-12,15-21H2,1-3H3,(H,34,38)(H,35,37)(H,36,40)/t23-,24-,25-,26-,27-,28-/m1/s1. The zero-order valence-electron chi connectivity index (χ0n) is 25.5. The van der Waals surface area contributed by atoms with Crippen LogP contribution in [-0.4, -0.2) is 47.6 Å². The number of hydrogen-bond acceptors (Lipinski definition) is 6. The Kier molecular flexibility index (Phi) is 11.3. The molecule has 3 saturated carbocycles. The van der Waals surface area contributed by atoms with E-state index in [1.807, 2.05) is 51.1 Å². The van der Waals surface area contributed by atoms with E-state index >= 15 is 0 Å². The lowest BCUT2D eigenvalue weighted by atomic mass is 9.80. The minimum absolute atomic E-state index is 0.0974. The molecule has 3 fully saturated rings. The van der Waals surface area contributed by atoms with Crippen molar-refractivity contribution >= 4 is 23.9 Å². The van der Waals surface area contributed by atoms with Crippen molar-refractivity contribution in [2.24, 2.45) is 17.8 Å². The van der Waals surface area contributed by atoms with Crippen LogP contribution in [-0.2, 0) is 30.5 Å². The van der Waals surface area contributed by atoms with Crippen molar-refractivity contribution in [3.8, 4) is 0 Å². The summed E-state index contributed by atoms with van der Waals surface area (Å²) in [7, 11) is 0. The van der Waals surface area contributed by atoms with Crippen LogP contribution in [0, 0.1) is 17.8 Å². The number of benzene rings is 1. The number of nitrogens with one attached hydrogen (secondary N) is 3. The largest absolute Gasteiger partial charge is 0.461 e. The van der Waals surface area contributed by atoms with Crippen molar-refractivity contribution in [2.45, 2.75) is 128 Å². The maximum atomic E-state index is 13.6. The van der Waals surface area contributed by atoms with Gasteiger partial charge in [-0.2, -0.15) is 0 Å². The molecule has 0 spiro atoms. The van der Waals surface area contributed by atoms with E-state index in [0.717, 1.165) is 63.4 Å². The van der Waals surface area contributed by atoms with Crippen LogP contribution in [0.2, 0.25) is 0 Å². The first-order valence-corrected chi connectivity index (χ1v) is 15.9. The van der Waals surface area contributed by atoms with Gasteiger partial charge < -0.3 is 25.4 Å². The Bertz CT molecular complexity index is 1070. The minimum atomic E-state index is -0.616. The van der Waals surface area contributed by atoms with Gasteiger partial charge in [0.2, 0.25) is 11.8 Å². The van der Waals surface area contributed by atoms with Gasteiger partial charge in [-0.05, 0) is 64.9 Å². The molecule has 0 heterocycles. The summed E-state index contributed by atoms with van der Waals surface area (Å²) in [5, 5.41) is 9.31. The second-order valence-electron chi connectivity index (χ2n) is 13.2. The van der Waals surface area contributed by atoms with E-state index in [2.05, 4.69) is 16.0 Å². The first-order valence-electron chi connectivity index (χ1n) is 15.9. The van der Waals surface area contributed by atoms with E-state index in [4.69, 9.17) is 9.47 Å². The zero-order chi connectivity index (χ0) is 30.1. The molecule has 6 atom stereocenters. The number of carbonyl (C=O) groups is 4. The van der Waals surface area contributed by atoms with Gasteiger partial charge in [-0.3, -0.25) is 14.4 Å². The molecular weight excluding hydrogens is 534 g/mol. The van der Waals surface area contributed by atoms with Crippen LogP contribution < -0.4 is 16.0 Å². The van der Waals surface area contributed by atoms with Gasteiger partial charge in [-0.1, -0.05) is 68.9 Å². The molecule has 0 aliphatic heterocycles. The van der Waals surface area contributed by atoms with Crippen LogP contribution in [0.1, 0.15) is 103 Å². The minimum Gasteiger partial charge on any atom is -0.461 e. The third kappa shape index (κ3) is 9.20. The van der Waals surface area contributed by atoms with Gasteiger partial charge in [-0.25, -0.2) is 4.79 Å². The van der Waals surface area contributed by atoms with Crippen LogP contribution in [0.25, 0.3) is 0 Å². The number of esters is 1. The number of ether oxygens (including phenoxy) is 2. The molecule has 0 bridgehead atoms. The zero-order valence-corrected chi connectivity index (χ0v) is 25.5. The lowest BCUT2D eigenvalue weighted by Crippen LogP contribution is -2.55. The summed E-state index contributed by atoms with van der Waals surface area (Å²) >= 11 is 0. The topological polar surface area (TPSA) is 123 Å². The predicted octanol–water partition coefficient (Wildman–Crippen LogP) is 5.16. The molecule has 3 aliphatic carbocycles. The number of alkyl carbamates (subject to hydrolysis) is 1. The quantitative estimate of drug-likeness (QED) is 0.363. The van der Waals surface area contributed by atoms with Gasteiger partial charge in [0.25, 0.3) is 0 Å². The summed E-state index contributed by atoms with van der Waals surface area (Å²) < 4.78 is 11.1. The second kappa shape index (κ2) is 14.9. The molecule has 1 aromatic carbocycles. The van der Waals surface area contributed by atoms with E-state index in [9.17, 15) is 19.2 Å². The molecule has 9 heteroatoms. The van der Waals surface area contributed by atoms with Crippen molar-refractivity contribution < 1.29 is 28.7 Å².